The van der Waals surface area contributed by atoms with E-state index in [1.54, 1.807) is 0 Å². The molecule has 3 rings (SSSR count). The molecule has 0 spiro atoms. The smallest absolute Gasteiger partial charge is 0.262 e. The van der Waals surface area contributed by atoms with E-state index < -0.39 is 5.82 Å². The third kappa shape index (κ3) is 2.53. The molecule has 7 heteroatoms. The van der Waals surface area contributed by atoms with Crippen molar-refractivity contribution in [2.75, 3.05) is 0 Å². The van der Waals surface area contributed by atoms with Crippen LogP contribution in [0.5, 0.6) is 11.5 Å². The second kappa shape index (κ2) is 5.06. The molecule has 0 radical (unpaired) electrons. The molecule has 0 saturated heterocycles. The number of phenols is 2. The summed E-state index contributed by atoms with van der Waals surface area (Å²) in [5, 5.41) is 22.9. The fraction of sp³-hybridized carbons (Fsp3) is 0. The first-order valence-corrected chi connectivity index (χ1v) is 6.24. The Balaban J connectivity index is 2.03. The highest BCUT2D eigenvalue weighted by molar-refractivity contribution is 6.31. The topological polar surface area (TPSA) is 79.4 Å². The number of hydrogen-bond acceptors (Lipinski definition) is 5. The standard InChI is InChI=1S/C14H8ClFN2O3/c15-10-5-7(1-3-11(10)16)13-17-14(21-18-13)9-6-8(19)2-4-12(9)20/h1-6,19-20H. The molecule has 0 fully saturated rings. The molecule has 0 unspecified atom stereocenters. The van der Waals surface area contributed by atoms with E-state index >= 15 is 0 Å². The van der Waals surface area contributed by atoms with Crippen LogP contribution in [0.1, 0.15) is 0 Å². The first-order valence-electron chi connectivity index (χ1n) is 5.86. The second-order valence-corrected chi connectivity index (χ2v) is 4.66. The van der Waals surface area contributed by atoms with E-state index in [1.165, 1.54) is 36.4 Å². The van der Waals surface area contributed by atoms with Gasteiger partial charge in [0.15, 0.2) is 0 Å². The van der Waals surface area contributed by atoms with Crippen molar-refractivity contribution in [3.63, 3.8) is 0 Å². The van der Waals surface area contributed by atoms with Crippen molar-refractivity contribution in [3.05, 3.63) is 47.2 Å². The second-order valence-electron chi connectivity index (χ2n) is 4.25. The summed E-state index contributed by atoms with van der Waals surface area (Å²) in [6, 6.07) is 7.95. The number of nitrogens with zero attached hydrogens (tertiary/aromatic N) is 2. The van der Waals surface area contributed by atoms with Crippen LogP contribution in [-0.2, 0) is 0 Å². The van der Waals surface area contributed by atoms with Gasteiger partial charge in [0.2, 0.25) is 5.82 Å². The number of hydrogen-bond donors (Lipinski definition) is 2. The van der Waals surface area contributed by atoms with Crippen molar-refractivity contribution in [1.82, 2.24) is 10.1 Å². The highest BCUT2D eigenvalue weighted by Gasteiger charge is 2.15. The van der Waals surface area contributed by atoms with E-state index in [1.807, 2.05) is 0 Å². The fourth-order valence-corrected chi connectivity index (χ4v) is 1.96. The van der Waals surface area contributed by atoms with Gasteiger partial charge < -0.3 is 14.7 Å². The van der Waals surface area contributed by atoms with Crippen LogP contribution in [0, 0.1) is 5.82 Å². The molecule has 106 valence electrons. The Morgan fingerprint density at radius 3 is 2.67 bits per heavy atom. The minimum absolute atomic E-state index is 0.0267. The minimum Gasteiger partial charge on any atom is -0.508 e. The largest absolute Gasteiger partial charge is 0.508 e. The van der Waals surface area contributed by atoms with Gasteiger partial charge in [-0.3, -0.25) is 0 Å². The third-order valence-electron chi connectivity index (χ3n) is 2.81. The fourth-order valence-electron chi connectivity index (χ4n) is 1.78. The lowest BCUT2D eigenvalue weighted by Gasteiger charge is -1.99. The van der Waals surface area contributed by atoms with Crippen molar-refractivity contribution in [2.45, 2.75) is 0 Å². The first kappa shape index (κ1) is 13.4. The van der Waals surface area contributed by atoms with Crippen LogP contribution < -0.4 is 0 Å². The summed E-state index contributed by atoms with van der Waals surface area (Å²) in [6.45, 7) is 0. The molecule has 21 heavy (non-hydrogen) atoms. The number of halogens is 2. The Morgan fingerprint density at radius 2 is 1.90 bits per heavy atom. The van der Waals surface area contributed by atoms with Gasteiger partial charge in [-0.1, -0.05) is 16.8 Å². The zero-order valence-corrected chi connectivity index (χ0v) is 11.2. The van der Waals surface area contributed by atoms with E-state index in [4.69, 9.17) is 16.1 Å². The van der Waals surface area contributed by atoms with E-state index in [0.29, 0.717) is 5.56 Å². The molecule has 2 aromatic carbocycles. The van der Waals surface area contributed by atoms with E-state index in [-0.39, 0.29) is 33.8 Å². The van der Waals surface area contributed by atoms with Gasteiger partial charge in [0.05, 0.1) is 10.6 Å². The third-order valence-corrected chi connectivity index (χ3v) is 3.10. The summed E-state index contributed by atoms with van der Waals surface area (Å²) >= 11 is 5.70. The van der Waals surface area contributed by atoms with Gasteiger partial charge >= 0.3 is 0 Å². The van der Waals surface area contributed by atoms with Crippen LogP contribution in [0.4, 0.5) is 4.39 Å². The van der Waals surface area contributed by atoms with Gasteiger partial charge in [-0.25, -0.2) is 4.39 Å². The summed E-state index contributed by atoms with van der Waals surface area (Å²) < 4.78 is 18.2. The maximum Gasteiger partial charge on any atom is 0.262 e. The highest BCUT2D eigenvalue weighted by Crippen LogP contribution is 2.32. The lowest BCUT2D eigenvalue weighted by Crippen LogP contribution is -1.84. The number of benzene rings is 2. The summed E-state index contributed by atoms with van der Waals surface area (Å²) in [6.07, 6.45) is 0. The van der Waals surface area contributed by atoms with Gasteiger partial charge in [-0.2, -0.15) is 4.98 Å². The zero-order valence-electron chi connectivity index (χ0n) is 10.4. The monoisotopic (exact) mass is 306 g/mol. The average Bonchev–Trinajstić information content (AvgIpc) is 2.94. The highest BCUT2D eigenvalue weighted by atomic mass is 35.5. The molecule has 3 aromatic rings. The molecule has 0 bridgehead atoms. The summed E-state index contributed by atoms with van der Waals surface area (Å²) in [5.74, 6) is -0.490. The van der Waals surface area contributed by atoms with Gasteiger partial charge in [-0.15, -0.1) is 0 Å². The Bertz CT molecular complexity index is 820. The Kier molecular flexibility index (Phi) is 3.23. The lowest BCUT2D eigenvalue weighted by atomic mass is 10.2. The Labute approximate surface area is 123 Å². The van der Waals surface area contributed by atoms with Crippen molar-refractivity contribution in [3.8, 4) is 34.3 Å². The molecule has 0 aliphatic heterocycles. The number of phenolic OH excluding ortho intramolecular Hbond substituents is 2. The number of aromatic nitrogens is 2. The minimum atomic E-state index is -0.547. The molecule has 0 atom stereocenters. The van der Waals surface area contributed by atoms with Crippen molar-refractivity contribution < 1.29 is 19.1 Å². The van der Waals surface area contributed by atoms with Crippen LogP contribution in [-0.4, -0.2) is 20.4 Å². The van der Waals surface area contributed by atoms with Crippen molar-refractivity contribution in [1.29, 1.82) is 0 Å². The van der Waals surface area contributed by atoms with E-state index in [0.717, 1.165) is 0 Å². The van der Waals surface area contributed by atoms with Crippen LogP contribution in [0.2, 0.25) is 5.02 Å². The van der Waals surface area contributed by atoms with Crippen molar-refractivity contribution in [2.24, 2.45) is 0 Å². The molecule has 0 saturated carbocycles. The van der Waals surface area contributed by atoms with Gasteiger partial charge in [0.1, 0.15) is 17.3 Å². The molecule has 2 N–H and O–H groups in total. The quantitative estimate of drug-likeness (QED) is 0.707. The summed E-state index contributed by atoms with van der Waals surface area (Å²) in [5.41, 5.74) is 0.665. The predicted molar refractivity (Wildman–Crippen MR) is 73.5 cm³/mol. The van der Waals surface area contributed by atoms with E-state index in [9.17, 15) is 14.6 Å². The molecule has 0 aliphatic carbocycles. The zero-order chi connectivity index (χ0) is 15.0. The number of rotatable bonds is 2. The van der Waals surface area contributed by atoms with Crippen LogP contribution in [0.25, 0.3) is 22.8 Å². The molecule has 1 aromatic heterocycles. The van der Waals surface area contributed by atoms with Crippen molar-refractivity contribution >= 4 is 11.6 Å². The lowest BCUT2D eigenvalue weighted by molar-refractivity contribution is 0.423. The normalized spacial score (nSPS) is 10.8. The molecular formula is C14H8ClFN2O3. The summed E-state index contributed by atoms with van der Waals surface area (Å²) in [7, 11) is 0. The Morgan fingerprint density at radius 1 is 1.10 bits per heavy atom. The maximum absolute atomic E-state index is 13.1. The average molecular weight is 307 g/mol. The van der Waals surface area contributed by atoms with Crippen LogP contribution in [0.15, 0.2) is 40.9 Å². The van der Waals surface area contributed by atoms with Crippen LogP contribution >= 0.6 is 11.6 Å². The SMILES string of the molecule is Oc1ccc(O)c(-c2nc(-c3ccc(F)c(Cl)c3)no2)c1. The molecular weight excluding hydrogens is 299 g/mol. The van der Waals surface area contributed by atoms with E-state index in [2.05, 4.69) is 10.1 Å². The molecule has 0 amide bonds. The summed E-state index contributed by atoms with van der Waals surface area (Å²) in [4.78, 5) is 4.09. The van der Waals surface area contributed by atoms with Gasteiger partial charge in [-0.05, 0) is 36.4 Å². The molecule has 5 nitrogen and oxygen atoms in total. The first-order chi connectivity index (χ1) is 10.0. The van der Waals surface area contributed by atoms with Crippen LogP contribution in [0.3, 0.4) is 0 Å². The van der Waals surface area contributed by atoms with Gasteiger partial charge in [0.25, 0.3) is 5.89 Å². The molecule has 0 aliphatic rings. The van der Waals surface area contributed by atoms with Gasteiger partial charge in [0, 0.05) is 5.56 Å². The molecule has 1 heterocycles. The number of aromatic hydroxyl groups is 2. The predicted octanol–water partition coefficient (Wildman–Crippen LogP) is 3.61. The Hall–Kier alpha value is -2.60. The maximum atomic E-state index is 13.1.